The maximum Gasteiger partial charge on any atom is 0.253 e. The molecule has 2 aromatic rings. The number of aryl methyl sites for hydroxylation is 1. The molecule has 1 aromatic heterocycles. The van der Waals surface area contributed by atoms with Gasteiger partial charge in [0, 0.05) is 25.2 Å². The summed E-state index contributed by atoms with van der Waals surface area (Å²) in [6, 6.07) is 5.52. The van der Waals surface area contributed by atoms with Crippen LogP contribution in [0.15, 0.2) is 18.2 Å². The molecule has 1 aromatic carbocycles. The molecule has 2 atom stereocenters. The van der Waals surface area contributed by atoms with E-state index in [0.29, 0.717) is 25.1 Å². The molecular formula is C15H20N4O2. The molecule has 6 heteroatoms. The second kappa shape index (κ2) is 5.44. The third kappa shape index (κ3) is 2.51. The molecule has 3 rings (SSSR count). The fraction of sp³-hybridized carbons (Fsp3) is 0.533. The van der Waals surface area contributed by atoms with Crippen LogP contribution in [0.2, 0.25) is 0 Å². The molecule has 1 amide bonds. The summed E-state index contributed by atoms with van der Waals surface area (Å²) >= 11 is 0. The van der Waals surface area contributed by atoms with Gasteiger partial charge in [0.15, 0.2) is 0 Å². The van der Waals surface area contributed by atoms with Crippen molar-refractivity contribution in [3.63, 3.8) is 0 Å². The van der Waals surface area contributed by atoms with Crippen LogP contribution in [0.3, 0.4) is 0 Å². The topological polar surface area (TPSA) is 71.2 Å². The van der Waals surface area contributed by atoms with Crippen molar-refractivity contribution in [1.82, 2.24) is 19.9 Å². The summed E-state index contributed by atoms with van der Waals surface area (Å²) in [6.07, 6.45) is 0.335. The maximum absolute atomic E-state index is 12.6. The largest absolute Gasteiger partial charge is 0.393 e. The van der Waals surface area contributed by atoms with E-state index in [0.717, 1.165) is 17.6 Å². The van der Waals surface area contributed by atoms with E-state index in [9.17, 15) is 9.90 Å². The van der Waals surface area contributed by atoms with Gasteiger partial charge in [-0.05, 0) is 37.5 Å². The van der Waals surface area contributed by atoms with E-state index in [1.807, 2.05) is 35.6 Å². The van der Waals surface area contributed by atoms with Crippen LogP contribution in [0.5, 0.6) is 0 Å². The molecule has 1 saturated heterocycles. The van der Waals surface area contributed by atoms with Crippen LogP contribution >= 0.6 is 0 Å². The second-order valence-corrected chi connectivity index (χ2v) is 5.69. The molecule has 1 fully saturated rings. The van der Waals surface area contributed by atoms with E-state index in [1.165, 1.54) is 0 Å². The SMILES string of the molecule is CCn1nnc2cc(C(=O)N3CCC(O)C(C)C3)ccc21. The lowest BCUT2D eigenvalue weighted by atomic mass is 9.96. The third-order valence-corrected chi connectivity index (χ3v) is 4.21. The number of hydrogen-bond donors (Lipinski definition) is 1. The number of fused-ring (bicyclic) bond motifs is 1. The predicted molar refractivity (Wildman–Crippen MR) is 78.9 cm³/mol. The summed E-state index contributed by atoms with van der Waals surface area (Å²) in [5.74, 6) is 0.120. The highest BCUT2D eigenvalue weighted by Crippen LogP contribution is 2.20. The second-order valence-electron chi connectivity index (χ2n) is 5.69. The number of carbonyl (C=O) groups excluding carboxylic acids is 1. The standard InChI is InChI=1S/C15H20N4O2/c1-3-19-13-5-4-11(8-12(13)16-17-19)15(21)18-7-6-14(20)10(2)9-18/h4-5,8,10,14,20H,3,6-7,9H2,1-2H3. The molecule has 21 heavy (non-hydrogen) atoms. The molecule has 0 bridgehead atoms. The first-order valence-corrected chi connectivity index (χ1v) is 7.40. The van der Waals surface area contributed by atoms with E-state index < -0.39 is 0 Å². The van der Waals surface area contributed by atoms with Gasteiger partial charge < -0.3 is 10.0 Å². The number of aliphatic hydroxyl groups excluding tert-OH is 1. The quantitative estimate of drug-likeness (QED) is 0.904. The van der Waals surface area contributed by atoms with Gasteiger partial charge in [-0.15, -0.1) is 5.10 Å². The summed E-state index contributed by atoms with van der Waals surface area (Å²) in [4.78, 5) is 14.4. The van der Waals surface area contributed by atoms with E-state index in [2.05, 4.69) is 10.3 Å². The number of aromatic nitrogens is 3. The normalized spacial score (nSPS) is 22.7. The van der Waals surface area contributed by atoms with Crippen molar-refractivity contribution in [3.8, 4) is 0 Å². The van der Waals surface area contributed by atoms with Gasteiger partial charge >= 0.3 is 0 Å². The highest BCUT2D eigenvalue weighted by atomic mass is 16.3. The van der Waals surface area contributed by atoms with Gasteiger partial charge in [-0.25, -0.2) is 4.68 Å². The summed E-state index contributed by atoms with van der Waals surface area (Å²) in [6.45, 7) is 5.93. The average Bonchev–Trinajstić information content (AvgIpc) is 2.91. The Morgan fingerprint density at radius 2 is 2.29 bits per heavy atom. The Hall–Kier alpha value is -1.95. The number of hydrogen-bond acceptors (Lipinski definition) is 4. The number of benzene rings is 1. The van der Waals surface area contributed by atoms with Crippen molar-refractivity contribution in [2.24, 2.45) is 5.92 Å². The maximum atomic E-state index is 12.6. The van der Waals surface area contributed by atoms with Crippen molar-refractivity contribution in [3.05, 3.63) is 23.8 Å². The zero-order valence-corrected chi connectivity index (χ0v) is 12.4. The molecule has 6 nitrogen and oxygen atoms in total. The van der Waals surface area contributed by atoms with Crippen molar-refractivity contribution in [1.29, 1.82) is 0 Å². The summed E-state index contributed by atoms with van der Waals surface area (Å²) < 4.78 is 1.81. The van der Waals surface area contributed by atoms with Gasteiger partial charge in [0.25, 0.3) is 5.91 Å². The van der Waals surface area contributed by atoms with Crippen molar-refractivity contribution >= 4 is 16.9 Å². The van der Waals surface area contributed by atoms with Crippen LogP contribution in [0.1, 0.15) is 30.6 Å². The van der Waals surface area contributed by atoms with Gasteiger partial charge in [0.05, 0.1) is 11.6 Å². The van der Waals surface area contributed by atoms with E-state index in [1.54, 1.807) is 6.07 Å². The molecule has 1 aliphatic heterocycles. The highest BCUT2D eigenvalue weighted by molar-refractivity contribution is 5.97. The van der Waals surface area contributed by atoms with Gasteiger partial charge in [0.2, 0.25) is 0 Å². The minimum absolute atomic E-state index is 0.00157. The number of carbonyl (C=O) groups is 1. The summed E-state index contributed by atoms with van der Waals surface area (Å²) in [5.41, 5.74) is 2.32. The zero-order chi connectivity index (χ0) is 15.0. The lowest BCUT2D eigenvalue weighted by Gasteiger charge is -2.34. The fourth-order valence-electron chi connectivity index (χ4n) is 2.84. The average molecular weight is 288 g/mol. The number of piperidine rings is 1. The Kier molecular flexibility index (Phi) is 3.63. The Bertz CT molecular complexity index is 667. The molecule has 0 spiro atoms. The molecule has 0 aliphatic carbocycles. The van der Waals surface area contributed by atoms with Gasteiger partial charge in [-0.3, -0.25) is 4.79 Å². The van der Waals surface area contributed by atoms with Crippen LogP contribution in [-0.4, -0.2) is 50.1 Å². The molecule has 2 unspecified atom stereocenters. The molecular weight excluding hydrogens is 268 g/mol. The minimum atomic E-state index is -0.305. The Morgan fingerprint density at radius 1 is 1.48 bits per heavy atom. The van der Waals surface area contributed by atoms with E-state index >= 15 is 0 Å². The lowest BCUT2D eigenvalue weighted by Crippen LogP contribution is -2.44. The van der Waals surface area contributed by atoms with Crippen LogP contribution < -0.4 is 0 Å². The summed E-state index contributed by atoms with van der Waals surface area (Å²) in [7, 11) is 0. The number of nitrogens with zero attached hydrogens (tertiary/aromatic N) is 4. The number of likely N-dealkylation sites (tertiary alicyclic amines) is 1. The first-order valence-electron chi connectivity index (χ1n) is 7.40. The molecule has 1 N–H and O–H groups in total. The number of aliphatic hydroxyl groups is 1. The van der Waals surface area contributed by atoms with Gasteiger partial charge in [-0.1, -0.05) is 12.1 Å². The molecule has 0 radical (unpaired) electrons. The van der Waals surface area contributed by atoms with Crippen molar-refractivity contribution in [2.45, 2.75) is 32.9 Å². The molecule has 1 aliphatic rings. The van der Waals surface area contributed by atoms with Crippen molar-refractivity contribution < 1.29 is 9.90 Å². The summed E-state index contributed by atoms with van der Waals surface area (Å²) in [5, 5.41) is 17.9. The molecule has 112 valence electrons. The third-order valence-electron chi connectivity index (χ3n) is 4.21. The minimum Gasteiger partial charge on any atom is -0.393 e. The Morgan fingerprint density at radius 3 is 3.00 bits per heavy atom. The van der Waals surface area contributed by atoms with Crippen LogP contribution in [0.25, 0.3) is 11.0 Å². The Labute approximate surface area is 123 Å². The highest BCUT2D eigenvalue weighted by Gasteiger charge is 2.27. The number of amides is 1. The van der Waals surface area contributed by atoms with E-state index in [-0.39, 0.29) is 17.9 Å². The van der Waals surface area contributed by atoms with Crippen LogP contribution in [-0.2, 0) is 6.54 Å². The van der Waals surface area contributed by atoms with Crippen LogP contribution in [0, 0.1) is 5.92 Å². The zero-order valence-electron chi connectivity index (χ0n) is 12.4. The molecule has 0 saturated carbocycles. The van der Waals surface area contributed by atoms with Gasteiger partial charge in [-0.2, -0.15) is 0 Å². The number of rotatable bonds is 2. The lowest BCUT2D eigenvalue weighted by molar-refractivity contribution is 0.0297. The van der Waals surface area contributed by atoms with Gasteiger partial charge in [0.1, 0.15) is 5.52 Å². The molecule has 2 heterocycles. The first-order chi connectivity index (χ1) is 10.1. The Balaban J connectivity index is 1.84. The van der Waals surface area contributed by atoms with E-state index in [4.69, 9.17) is 0 Å². The fourth-order valence-corrected chi connectivity index (χ4v) is 2.84. The smallest absolute Gasteiger partial charge is 0.253 e. The monoisotopic (exact) mass is 288 g/mol. The first kappa shape index (κ1) is 14.0. The van der Waals surface area contributed by atoms with Crippen LogP contribution in [0.4, 0.5) is 0 Å². The van der Waals surface area contributed by atoms with Crippen molar-refractivity contribution in [2.75, 3.05) is 13.1 Å². The predicted octanol–water partition coefficient (Wildman–Crippen LogP) is 1.29.